The molecule has 9 heteroatoms. The van der Waals surface area contributed by atoms with Crippen molar-refractivity contribution in [2.45, 2.75) is 6.92 Å². The summed E-state index contributed by atoms with van der Waals surface area (Å²) in [7, 11) is 1.88. The quantitative estimate of drug-likeness (QED) is 0.187. The third kappa shape index (κ3) is 4.54. The van der Waals surface area contributed by atoms with Gasteiger partial charge in [0.25, 0.3) is 11.1 Å². The molecule has 0 saturated carbocycles. The molecule has 0 unspecified atom stereocenters. The Hall–Kier alpha value is -5.64. The van der Waals surface area contributed by atoms with Crippen LogP contribution in [0.5, 0.6) is 0 Å². The van der Waals surface area contributed by atoms with E-state index < -0.39 is 0 Å². The summed E-state index contributed by atoms with van der Waals surface area (Å²) in [6.45, 7) is 1.84. The van der Waals surface area contributed by atoms with Gasteiger partial charge in [-0.25, -0.2) is 14.1 Å². The molecular formula is C38H27N5O2S2. The monoisotopic (exact) mass is 649 g/mol. The van der Waals surface area contributed by atoms with Gasteiger partial charge in [0.2, 0.25) is 0 Å². The van der Waals surface area contributed by atoms with Gasteiger partial charge in [0.05, 0.1) is 26.9 Å². The van der Waals surface area contributed by atoms with E-state index in [1.54, 1.807) is 9.08 Å². The van der Waals surface area contributed by atoms with Crippen LogP contribution in [-0.4, -0.2) is 23.3 Å². The summed E-state index contributed by atoms with van der Waals surface area (Å²) in [5.74, 6) is 0.658. The van der Waals surface area contributed by atoms with Crippen LogP contribution in [0.4, 0.5) is 0 Å². The molecule has 4 aromatic heterocycles. The van der Waals surface area contributed by atoms with Gasteiger partial charge in [-0.3, -0.25) is 18.8 Å². The molecule has 8 aromatic rings. The van der Waals surface area contributed by atoms with Crippen LogP contribution >= 0.6 is 23.6 Å². The van der Waals surface area contributed by atoms with Gasteiger partial charge in [0.15, 0.2) is 10.6 Å². The van der Waals surface area contributed by atoms with Crippen LogP contribution in [0.15, 0.2) is 131 Å². The predicted molar refractivity (Wildman–Crippen MR) is 192 cm³/mol. The van der Waals surface area contributed by atoms with Crippen LogP contribution in [0.3, 0.4) is 0 Å². The summed E-state index contributed by atoms with van der Waals surface area (Å²) < 4.78 is 8.05. The molecule has 8 rings (SSSR count). The second-order valence-corrected chi connectivity index (χ2v) is 12.7. The molecule has 47 heavy (non-hydrogen) atoms. The minimum absolute atomic E-state index is 0.136. The predicted octanol–water partition coefficient (Wildman–Crippen LogP) is 7.11. The van der Waals surface area contributed by atoms with Gasteiger partial charge in [0, 0.05) is 12.6 Å². The van der Waals surface area contributed by atoms with Crippen LogP contribution in [-0.2, 0) is 7.05 Å². The maximum Gasteiger partial charge on any atom is 0.276 e. The van der Waals surface area contributed by atoms with E-state index in [1.165, 1.54) is 11.3 Å². The van der Waals surface area contributed by atoms with Crippen LogP contribution in [0, 0.1) is 11.6 Å². The normalized spacial score (nSPS) is 12.0. The second-order valence-electron chi connectivity index (χ2n) is 11.3. The summed E-state index contributed by atoms with van der Waals surface area (Å²) in [5.41, 5.74) is 5.97. The Morgan fingerprint density at radius 3 is 1.96 bits per heavy atom. The van der Waals surface area contributed by atoms with Crippen molar-refractivity contribution in [3.8, 4) is 33.9 Å². The lowest BCUT2D eigenvalue weighted by atomic mass is 9.99. The number of nitrogens with zero attached hydrogens (tertiary/aromatic N) is 5. The summed E-state index contributed by atoms with van der Waals surface area (Å²) >= 11 is 7.53. The lowest BCUT2D eigenvalue weighted by Crippen LogP contribution is -2.23. The summed E-state index contributed by atoms with van der Waals surface area (Å²) in [6.07, 6.45) is 1.87. The Labute approximate surface area is 278 Å². The second kappa shape index (κ2) is 11.3. The Kier molecular flexibility index (Phi) is 6.93. The number of fused-ring (bicyclic) bond motifs is 2. The van der Waals surface area contributed by atoms with E-state index in [4.69, 9.17) is 17.2 Å². The maximum atomic E-state index is 14.0. The van der Waals surface area contributed by atoms with Gasteiger partial charge in [-0.15, -0.1) is 0 Å². The number of benzene rings is 4. The maximum absolute atomic E-state index is 14.0. The lowest BCUT2D eigenvalue weighted by molar-refractivity contribution is 0.632. The fourth-order valence-electron chi connectivity index (χ4n) is 6.36. The molecule has 0 atom stereocenters. The van der Waals surface area contributed by atoms with Crippen molar-refractivity contribution < 1.29 is 0 Å². The summed E-state index contributed by atoms with van der Waals surface area (Å²) in [5, 5.41) is 0.669. The average molecular weight is 650 g/mol. The third-order valence-electron chi connectivity index (χ3n) is 8.45. The first-order chi connectivity index (χ1) is 22.9. The van der Waals surface area contributed by atoms with E-state index in [1.807, 2.05) is 151 Å². The molecule has 0 N–H and O–H groups in total. The molecule has 228 valence electrons. The van der Waals surface area contributed by atoms with Gasteiger partial charge >= 0.3 is 0 Å². The zero-order chi connectivity index (χ0) is 32.2. The molecule has 0 fully saturated rings. The minimum atomic E-state index is -0.208. The summed E-state index contributed by atoms with van der Waals surface area (Å²) in [6, 6.07) is 39.4. The first-order valence-electron chi connectivity index (χ1n) is 15.1. The molecule has 0 spiro atoms. The molecule has 4 heterocycles. The van der Waals surface area contributed by atoms with Gasteiger partial charge in [-0.05, 0) is 41.8 Å². The fraction of sp³-hybridized carbons (Fsp3) is 0.0526. The largest absolute Gasteiger partial charge is 0.277 e. The van der Waals surface area contributed by atoms with Crippen LogP contribution in [0.2, 0.25) is 0 Å². The van der Waals surface area contributed by atoms with E-state index >= 15 is 0 Å². The van der Waals surface area contributed by atoms with Crippen molar-refractivity contribution in [3.05, 3.63) is 162 Å². The van der Waals surface area contributed by atoms with Crippen LogP contribution < -0.4 is 15.7 Å². The molecule has 4 aromatic carbocycles. The number of para-hydroxylation sites is 1. The molecule has 0 saturated heterocycles. The molecule has 0 aliphatic carbocycles. The third-order valence-corrected chi connectivity index (χ3v) is 9.80. The topological polar surface area (TPSA) is 66.2 Å². The zero-order valence-corrected chi connectivity index (χ0v) is 27.1. The summed E-state index contributed by atoms with van der Waals surface area (Å²) in [4.78, 5) is 33.6. The highest BCUT2D eigenvalue weighted by Crippen LogP contribution is 2.43. The first kappa shape index (κ1) is 28.8. The van der Waals surface area contributed by atoms with Crippen molar-refractivity contribution in [1.29, 1.82) is 0 Å². The highest BCUT2D eigenvalue weighted by molar-refractivity contribution is 7.71. The number of thiazole rings is 1. The zero-order valence-electron chi connectivity index (χ0n) is 25.5. The molecule has 0 amide bonds. The van der Waals surface area contributed by atoms with E-state index in [0.29, 0.717) is 36.5 Å². The van der Waals surface area contributed by atoms with Crippen LogP contribution in [0.1, 0.15) is 11.1 Å². The minimum Gasteiger partial charge on any atom is -0.277 e. The molecular weight excluding hydrogens is 623 g/mol. The SMILES string of the molecule is Cc1c(-n2c(-c3ccccc3)c(-c3ccccc3)c3c(=S)n4c(=O)/c(=C/c5ccccc5)sc4nc32)n(C)n(-c2ccccc2)c1=O. The number of aromatic nitrogens is 5. The van der Waals surface area contributed by atoms with E-state index in [9.17, 15) is 9.59 Å². The number of rotatable bonds is 5. The van der Waals surface area contributed by atoms with E-state index in [0.717, 1.165) is 33.6 Å². The molecule has 0 aliphatic rings. The van der Waals surface area contributed by atoms with Gasteiger partial charge < -0.3 is 0 Å². The molecule has 0 bridgehead atoms. The number of hydrogen-bond donors (Lipinski definition) is 0. The van der Waals surface area contributed by atoms with Gasteiger partial charge in [-0.2, -0.15) is 0 Å². The van der Waals surface area contributed by atoms with Crippen molar-refractivity contribution in [3.63, 3.8) is 0 Å². The molecule has 0 aliphatic heterocycles. The highest BCUT2D eigenvalue weighted by atomic mass is 32.1. The standard InChI is InChI=1S/C38H27N5O2S2/c1-24-34(40(2)43(35(24)44)28-21-13-6-14-22-28)41-32(27-19-11-5-12-20-27)30(26-17-9-4-10-18-26)31-33(41)39-38-42(37(31)46)36(45)29(47-38)23-25-15-7-3-8-16-25/h3-23H,1-2H3/b29-23-. The van der Waals surface area contributed by atoms with Crippen molar-refractivity contribution in [1.82, 2.24) is 23.3 Å². The molecule has 7 nitrogen and oxygen atoms in total. The average Bonchev–Trinajstić information content (AvgIpc) is 3.68. The smallest absolute Gasteiger partial charge is 0.276 e. The van der Waals surface area contributed by atoms with E-state index in [-0.39, 0.29) is 11.1 Å². The fourth-order valence-corrected chi connectivity index (χ4v) is 7.75. The van der Waals surface area contributed by atoms with Crippen LogP contribution in [0.25, 0.3) is 56.0 Å². The number of hydrogen-bond acceptors (Lipinski definition) is 5. The van der Waals surface area contributed by atoms with Crippen molar-refractivity contribution in [2.24, 2.45) is 7.05 Å². The molecule has 0 radical (unpaired) electrons. The van der Waals surface area contributed by atoms with Gasteiger partial charge in [0.1, 0.15) is 10.5 Å². The first-order valence-corrected chi connectivity index (χ1v) is 16.3. The Bertz CT molecular complexity index is 2690. The van der Waals surface area contributed by atoms with Crippen molar-refractivity contribution >= 4 is 45.6 Å². The van der Waals surface area contributed by atoms with Gasteiger partial charge in [-0.1, -0.05) is 133 Å². The Balaban J connectivity index is 1.58. The van der Waals surface area contributed by atoms with E-state index in [2.05, 4.69) is 0 Å². The Morgan fingerprint density at radius 1 is 0.745 bits per heavy atom. The highest BCUT2D eigenvalue weighted by Gasteiger charge is 2.29. The lowest BCUT2D eigenvalue weighted by Gasteiger charge is -2.15. The Morgan fingerprint density at radius 2 is 1.32 bits per heavy atom. The van der Waals surface area contributed by atoms with Crippen molar-refractivity contribution in [2.75, 3.05) is 0 Å².